The van der Waals surface area contributed by atoms with Gasteiger partial charge in [0.2, 0.25) is 5.88 Å². The van der Waals surface area contributed by atoms with Crippen molar-refractivity contribution in [1.82, 2.24) is 20.4 Å². The third kappa shape index (κ3) is 4.94. The number of nitrogens with zero attached hydrogens (tertiary/aromatic N) is 3. The summed E-state index contributed by atoms with van der Waals surface area (Å²) in [6.45, 7) is 7.96. The molecule has 138 valence electrons. The van der Waals surface area contributed by atoms with Gasteiger partial charge in [-0.05, 0) is 33.3 Å². The van der Waals surface area contributed by atoms with Crippen LogP contribution in [0.5, 0.6) is 5.88 Å². The highest BCUT2D eigenvalue weighted by Crippen LogP contribution is 2.20. The predicted molar refractivity (Wildman–Crippen MR) is 101 cm³/mol. The van der Waals surface area contributed by atoms with Crippen molar-refractivity contribution in [3.8, 4) is 17.1 Å². The minimum absolute atomic E-state index is 0.00740. The van der Waals surface area contributed by atoms with E-state index >= 15 is 0 Å². The first-order chi connectivity index (χ1) is 12.4. The van der Waals surface area contributed by atoms with E-state index in [-0.39, 0.29) is 11.6 Å². The third-order valence-corrected chi connectivity index (χ3v) is 4.23. The molecule has 26 heavy (non-hydrogen) atoms. The number of hydrogen-bond acceptors (Lipinski definition) is 4. The highest BCUT2D eigenvalue weighted by atomic mass is 16.5. The van der Waals surface area contributed by atoms with Crippen molar-refractivity contribution in [3.05, 3.63) is 42.5 Å². The SMILES string of the molecule is CC(C)(C)NC(=O)N1CCC(COc2ccc(-c3ccccc3)nn2)C1. The number of benzene rings is 1. The third-order valence-electron chi connectivity index (χ3n) is 4.23. The van der Waals surface area contributed by atoms with Gasteiger partial charge in [0.05, 0.1) is 12.3 Å². The smallest absolute Gasteiger partial charge is 0.317 e. The summed E-state index contributed by atoms with van der Waals surface area (Å²) in [5.41, 5.74) is 1.63. The molecular weight excluding hydrogens is 328 g/mol. The number of likely N-dealkylation sites (tertiary alicyclic amines) is 1. The van der Waals surface area contributed by atoms with Crippen molar-refractivity contribution < 1.29 is 9.53 Å². The van der Waals surface area contributed by atoms with Crippen LogP contribution in [-0.4, -0.2) is 46.4 Å². The second-order valence-corrected chi connectivity index (χ2v) is 7.71. The molecule has 0 saturated carbocycles. The number of carbonyl (C=O) groups excluding carboxylic acids is 1. The van der Waals surface area contributed by atoms with Crippen LogP contribution in [0.3, 0.4) is 0 Å². The maximum absolute atomic E-state index is 12.2. The summed E-state index contributed by atoms with van der Waals surface area (Å²) in [6.07, 6.45) is 0.938. The van der Waals surface area contributed by atoms with E-state index < -0.39 is 0 Å². The molecule has 0 spiro atoms. The fourth-order valence-electron chi connectivity index (χ4n) is 2.92. The topological polar surface area (TPSA) is 67.4 Å². The molecule has 1 aromatic heterocycles. The molecular formula is C20H26N4O2. The van der Waals surface area contributed by atoms with Crippen LogP contribution in [0, 0.1) is 5.92 Å². The standard InChI is InChI=1S/C20H26N4O2/c1-20(2,3)21-19(25)24-12-11-15(13-24)14-26-18-10-9-17(22-23-18)16-7-5-4-6-8-16/h4-10,15H,11-14H2,1-3H3,(H,21,25). The Balaban J connectivity index is 1.48. The fraction of sp³-hybridized carbons (Fsp3) is 0.450. The lowest BCUT2D eigenvalue weighted by molar-refractivity contribution is 0.192. The van der Waals surface area contributed by atoms with Gasteiger partial charge in [0.25, 0.3) is 0 Å². The van der Waals surface area contributed by atoms with E-state index in [1.165, 1.54) is 0 Å². The Hall–Kier alpha value is -2.63. The largest absolute Gasteiger partial charge is 0.476 e. The summed E-state index contributed by atoms with van der Waals surface area (Å²) in [6, 6.07) is 13.7. The Morgan fingerprint density at radius 3 is 2.62 bits per heavy atom. The van der Waals surface area contributed by atoms with Gasteiger partial charge in [-0.25, -0.2) is 4.79 Å². The molecule has 0 bridgehead atoms. The fourth-order valence-corrected chi connectivity index (χ4v) is 2.92. The molecule has 1 aromatic carbocycles. The Kier molecular flexibility index (Phi) is 5.40. The molecule has 1 saturated heterocycles. The summed E-state index contributed by atoms with van der Waals surface area (Å²) < 4.78 is 5.78. The predicted octanol–water partition coefficient (Wildman–Crippen LogP) is 3.35. The van der Waals surface area contributed by atoms with Gasteiger partial charge >= 0.3 is 6.03 Å². The second kappa shape index (κ2) is 7.72. The lowest BCUT2D eigenvalue weighted by atomic mass is 10.1. The summed E-state index contributed by atoms with van der Waals surface area (Å²) in [4.78, 5) is 14.1. The molecule has 3 rings (SSSR count). The Morgan fingerprint density at radius 1 is 1.19 bits per heavy atom. The number of hydrogen-bond donors (Lipinski definition) is 1. The van der Waals surface area contributed by atoms with Gasteiger partial charge in [-0.15, -0.1) is 10.2 Å². The zero-order chi connectivity index (χ0) is 18.6. The van der Waals surface area contributed by atoms with Crippen LogP contribution < -0.4 is 10.1 Å². The van der Waals surface area contributed by atoms with Crippen molar-refractivity contribution >= 4 is 6.03 Å². The highest BCUT2D eigenvalue weighted by molar-refractivity contribution is 5.75. The minimum Gasteiger partial charge on any atom is -0.476 e. The molecule has 6 heteroatoms. The first-order valence-corrected chi connectivity index (χ1v) is 9.00. The van der Waals surface area contributed by atoms with Crippen LogP contribution >= 0.6 is 0 Å². The quantitative estimate of drug-likeness (QED) is 0.914. The molecule has 1 atom stereocenters. The van der Waals surface area contributed by atoms with E-state index in [0.29, 0.717) is 24.9 Å². The highest BCUT2D eigenvalue weighted by Gasteiger charge is 2.28. The van der Waals surface area contributed by atoms with Gasteiger partial charge in [-0.2, -0.15) is 0 Å². The van der Waals surface area contributed by atoms with Crippen molar-refractivity contribution in [3.63, 3.8) is 0 Å². The normalized spacial score (nSPS) is 17.2. The summed E-state index contributed by atoms with van der Waals surface area (Å²) >= 11 is 0. The van der Waals surface area contributed by atoms with Crippen LogP contribution in [0.4, 0.5) is 4.79 Å². The van der Waals surface area contributed by atoms with Gasteiger partial charge in [-0.3, -0.25) is 0 Å². The monoisotopic (exact) mass is 354 g/mol. The summed E-state index contributed by atoms with van der Waals surface area (Å²) in [5.74, 6) is 0.832. The summed E-state index contributed by atoms with van der Waals surface area (Å²) in [5, 5.41) is 11.4. The Labute approximate surface area is 154 Å². The van der Waals surface area contributed by atoms with Gasteiger partial charge in [0.1, 0.15) is 0 Å². The van der Waals surface area contributed by atoms with Gasteiger partial charge in [0.15, 0.2) is 0 Å². The Bertz CT molecular complexity index is 726. The number of carbonyl (C=O) groups is 1. The number of aromatic nitrogens is 2. The van der Waals surface area contributed by atoms with E-state index in [2.05, 4.69) is 15.5 Å². The lowest BCUT2D eigenvalue weighted by Crippen LogP contribution is -2.47. The van der Waals surface area contributed by atoms with E-state index in [1.54, 1.807) is 0 Å². The first-order valence-electron chi connectivity index (χ1n) is 9.00. The van der Waals surface area contributed by atoms with Crippen LogP contribution in [0.2, 0.25) is 0 Å². The van der Waals surface area contributed by atoms with Crippen LogP contribution in [-0.2, 0) is 0 Å². The molecule has 2 amide bonds. The molecule has 1 aliphatic heterocycles. The van der Waals surface area contributed by atoms with E-state index in [0.717, 1.165) is 24.2 Å². The van der Waals surface area contributed by atoms with Crippen LogP contribution in [0.25, 0.3) is 11.3 Å². The molecule has 0 aliphatic carbocycles. The zero-order valence-electron chi connectivity index (χ0n) is 15.6. The second-order valence-electron chi connectivity index (χ2n) is 7.71. The van der Waals surface area contributed by atoms with Crippen LogP contribution in [0.1, 0.15) is 27.2 Å². The lowest BCUT2D eigenvalue weighted by Gasteiger charge is -2.25. The maximum Gasteiger partial charge on any atom is 0.317 e. The molecule has 0 radical (unpaired) electrons. The van der Waals surface area contributed by atoms with Crippen molar-refractivity contribution in [1.29, 1.82) is 0 Å². The average molecular weight is 354 g/mol. The molecule has 2 aromatic rings. The van der Waals surface area contributed by atoms with E-state index in [4.69, 9.17) is 4.74 Å². The summed E-state index contributed by atoms with van der Waals surface area (Å²) in [7, 11) is 0. The molecule has 6 nitrogen and oxygen atoms in total. The number of ether oxygens (including phenoxy) is 1. The van der Waals surface area contributed by atoms with Crippen molar-refractivity contribution in [2.75, 3.05) is 19.7 Å². The van der Waals surface area contributed by atoms with E-state index in [9.17, 15) is 4.79 Å². The number of amides is 2. The van der Waals surface area contributed by atoms with Crippen molar-refractivity contribution in [2.24, 2.45) is 5.92 Å². The maximum atomic E-state index is 12.2. The molecule has 1 aliphatic rings. The van der Waals surface area contributed by atoms with Crippen molar-refractivity contribution in [2.45, 2.75) is 32.7 Å². The number of rotatable bonds is 4. The van der Waals surface area contributed by atoms with Gasteiger partial charge < -0.3 is 15.0 Å². The first kappa shape index (κ1) is 18.2. The average Bonchev–Trinajstić information content (AvgIpc) is 3.09. The van der Waals surface area contributed by atoms with Gasteiger partial charge in [-0.1, -0.05) is 30.3 Å². The molecule has 1 unspecified atom stereocenters. The molecule has 2 heterocycles. The van der Waals surface area contributed by atoms with Gasteiger partial charge in [0, 0.05) is 36.2 Å². The number of urea groups is 1. The molecule has 1 N–H and O–H groups in total. The number of nitrogens with one attached hydrogen (secondary N) is 1. The minimum atomic E-state index is -0.220. The molecule has 1 fully saturated rings. The Morgan fingerprint density at radius 2 is 1.96 bits per heavy atom. The van der Waals surface area contributed by atoms with Crippen LogP contribution in [0.15, 0.2) is 42.5 Å². The zero-order valence-corrected chi connectivity index (χ0v) is 15.6. The van der Waals surface area contributed by atoms with E-state index in [1.807, 2.05) is 68.1 Å².